The predicted molar refractivity (Wildman–Crippen MR) is 63.0 cm³/mol. The van der Waals surface area contributed by atoms with Gasteiger partial charge in [0, 0.05) is 19.2 Å². The summed E-state index contributed by atoms with van der Waals surface area (Å²) in [6, 6.07) is 0.735. The fourth-order valence-electron chi connectivity index (χ4n) is 2.90. The summed E-state index contributed by atoms with van der Waals surface area (Å²) in [5.41, 5.74) is 0.594. The van der Waals surface area contributed by atoms with Gasteiger partial charge in [0.2, 0.25) is 0 Å². The van der Waals surface area contributed by atoms with E-state index in [1.165, 1.54) is 45.1 Å². The lowest BCUT2D eigenvalue weighted by Crippen LogP contribution is -2.48. The van der Waals surface area contributed by atoms with Crippen LogP contribution in [0.5, 0.6) is 0 Å². The van der Waals surface area contributed by atoms with E-state index in [0.717, 1.165) is 12.6 Å². The Balaban J connectivity index is 1.59. The van der Waals surface area contributed by atoms with Gasteiger partial charge < -0.3 is 10.1 Å². The van der Waals surface area contributed by atoms with Crippen molar-refractivity contribution in [1.29, 1.82) is 0 Å². The molecule has 2 aliphatic carbocycles. The van der Waals surface area contributed by atoms with E-state index in [0.29, 0.717) is 11.5 Å². The Labute approximate surface area is 93.8 Å². The van der Waals surface area contributed by atoms with Crippen molar-refractivity contribution >= 4 is 0 Å². The Morgan fingerprint density at radius 3 is 2.53 bits per heavy atom. The summed E-state index contributed by atoms with van der Waals surface area (Å²) >= 11 is 0. The minimum atomic E-state index is 0.545. The first-order chi connectivity index (χ1) is 7.22. The van der Waals surface area contributed by atoms with Crippen LogP contribution in [0, 0.1) is 5.41 Å². The number of rotatable bonds is 5. The topological polar surface area (TPSA) is 21.3 Å². The van der Waals surface area contributed by atoms with Crippen molar-refractivity contribution in [1.82, 2.24) is 5.32 Å². The zero-order valence-corrected chi connectivity index (χ0v) is 10.2. The van der Waals surface area contributed by atoms with Gasteiger partial charge in [-0.15, -0.1) is 0 Å². The van der Waals surface area contributed by atoms with E-state index in [1.807, 2.05) is 0 Å². The van der Waals surface area contributed by atoms with Crippen molar-refractivity contribution in [2.75, 3.05) is 13.2 Å². The maximum atomic E-state index is 5.56. The van der Waals surface area contributed by atoms with Gasteiger partial charge in [0.05, 0.1) is 6.10 Å². The third kappa shape index (κ3) is 2.94. The molecule has 0 aromatic rings. The van der Waals surface area contributed by atoms with E-state index in [4.69, 9.17) is 4.74 Å². The van der Waals surface area contributed by atoms with E-state index in [2.05, 4.69) is 19.2 Å². The van der Waals surface area contributed by atoms with Gasteiger partial charge in [0.15, 0.2) is 0 Å². The molecule has 2 aliphatic rings. The molecule has 2 rings (SSSR count). The van der Waals surface area contributed by atoms with Crippen molar-refractivity contribution in [3.8, 4) is 0 Å². The minimum absolute atomic E-state index is 0.545. The summed E-state index contributed by atoms with van der Waals surface area (Å²) in [5, 5.41) is 3.71. The van der Waals surface area contributed by atoms with Crippen LogP contribution < -0.4 is 5.32 Å². The fourth-order valence-corrected chi connectivity index (χ4v) is 2.90. The van der Waals surface area contributed by atoms with Crippen LogP contribution in [0.1, 0.15) is 52.4 Å². The Hall–Kier alpha value is -0.0800. The second kappa shape index (κ2) is 4.84. The number of hydrogen-bond acceptors (Lipinski definition) is 2. The van der Waals surface area contributed by atoms with Crippen molar-refractivity contribution in [3.63, 3.8) is 0 Å². The third-order valence-corrected chi connectivity index (χ3v) is 4.13. The molecule has 0 bridgehead atoms. The molecular formula is C13H25NO. The SMILES string of the molecule is CCOC1CC(NCC2(C)CCCC2)C1. The molecule has 2 heteroatoms. The number of nitrogens with one attached hydrogen (secondary N) is 1. The van der Waals surface area contributed by atoms with Crippen LogP contribution in [-0.2, 0) is 4.74 Å². The van der Waals surface area contributed by atoms with Crippen LogP contribution in [0.3, 0.4) is 0 Å². The monoisotopic (exact) mass is 211 g/mol. The van der Waals surface area contributed by atoms with Crippen LogP contribution in [0.15, 0.2) is 0 Å². The molecule has 15 heavy (non-hydrogen) atoms. The first kappa shape index (κ1) is 11.4. The van der Waals surface area contributed by atoms with Gasteiger partial charge in [-0.3, -0.25) is 0 Å². The highest BCUT2D eigenvalue weighted by molar-refractivity contribution is 4.89. The summed E-state index contributed by atoms with van der Waals surface area (Å²) in [7, 11) is 0. The molecule has 0 heterocycles. The normalized spacial score (nSPS) is 34.0. The summed E-state index contributed by atoms with van der Waals surface area (Å²) in [4.78, 5) is 0. The standard InChI is InChI=1S/C13H25NO/c1-3-15-12-8-11(9-12)14-10-13(2)6-4-5-7-13/h11-12,14H,3-10H2,1-2H3. The number of hydrogen-bond donors (Lipinski definition) is 1. The molecule has 0 aromatic carbocycles. The average molecular weight is 211 g/mol. The molecule has 0 aliphatic heterocycles. The fraction of sp³-hybridized carbons (Fsp3) is 1.00. The zero-order chi connectivity index (χ0) is 10.7. The molecule has 0 radical (unpaired) electrons. The molecule has 2 fully saturated rings. The molecule has 88 valence electrons. The van der Waals surface area contributed by atoms with Gasteiger partial charge in [-0.1, -0.05) is 19.8 Å². The molecule has 2 nitrogen and oxygen atoms in total. The van der Waals surface area contributed by atoms with Crippen molar-refractivity contribution < 1.29 is 4.74 Å². The highest BCUT2D eigenvalue weighted by Gasteiger charge is 2.33. The molecule has 0 amide bonds. The lowest BCUT2D eigenvalue weighted by molar-refractivity contribution is -0.0118. The van der Waals surface area contributed by atoms with E-state index in [1.54, 1.807) is 0 Å². The van der Waals surface area contributed by atoms with Crippen LogP contribution in [-0.4, -0.2) is 25.3 Å². The zero-order valence-electron chi connectivity index (χ0n) is 10.2. The summed E-state index contributed by atoms with van der Waals surface area (Å²) in [6.07, 6.45) is 8.70. The molecule has 0 saturated heterocycles. The average Bonchev–Trinajstić information content (AvgIpc) is 2.57. The lowest BCUT2D eigenvalue weighted by Gasteiger charge is -2.38. The van der Waals surface area contributed by atoms with Crippen molar-refractivity contribution in [2.24, 2.45) is 5.41 Å². The smallest absolute Gasteiger partial charge is 0.0604 e. The Bertz CT molecular complexity index is 193. The van der Waals surface area contributed by atoms with E-state index < -0.39 is 0 Å². The molecule has 0 aromatic heterocycles. The molecular weight excluding hydrogens is 186 g/mol. The van der Waals surface area contributed by atoms with E-state index in [-0.39, 0.29) is 0 Å². The molecule has 0 spiro atoms. The second-order valence-corrected chi connectivity index (χ2v) is 5.64. The van der Waals surface area contributed by atoms with Crippen LogP contribution in [0.4, 0.5) is 0 Å². The third-order valence-electron chi connectivity index (χ3n) is 4.13. The largest absolute Gasteiger partial charge is 0.378 e. The van der Waals surface area contributed by atoms with Gasteiger partial charge >= 0.3 is 0 Å². The van der Waals surface area contributed by atoms with Gasteiger partial charge in [0.1, 0.15) is 0 Å². The highest BCUT2D eigenvalue weighted by atomic mass is 16.5. The molecule has 0 atom stereocenters. The highest BCUT2D eigenvalue weighted by Crippen LogP contribution is 2.37. The number of ether oxygens (including phenoxy) is 1. The van der Waals surface area contributed by atoms with Crippen LogP contribution in [0.2, 0.25) is 0 Å². The Morgan fingerprint density at radius 2 is 1.93 bits per heavy atom. The quantitative estimate of drug-likeness (QED) is 0.755. The van der Waals surface area contributed by atoms with E-state index in [9.17, 15) is 0 Å². The van der Waals surface area contributed by atoms with Crippen LogP contribution in [0.25, 0.3) is 0 Å². The molecule has 0 unspecified atom stereocenters. The molecule has 1 N–H and O–H groups in total. The van der Waals surface area contributed by atoms with Gasteiger partial charge in [-0.05, 0) is 38.0 Å². The first-order valence-corrected chi connectivity index (χ1v) is 6.57. The van der Waals surface area contributed by atoms with Crippen molar-refractivity contribution in [3.05, 3.63) is 0 Å². The van der Waals surface area contributed by atoms with Gasteiger partial charge in [-0.2, -0.15) is 0 Å². The summed E-state index contributed by atoms with van der Waals surface area (Å²) in [6.45, 7) is 6.61. The van der Waals surface area contributed by atoms with Gasteiger partial charge in [-0.25, -0.2) is 0 Å². The van der Waals surface area contributed by atoms with Crippen molar-refractivity contribution in [2.45, 2.75) is 64.5 Å². The maximum absolute atomic E-state index is 5.56. The minimum Gasteiger partial charge on any atom is -0.378 e. The summed E-state index contributed by atoms with van der Waals surface area (Å²) < 4.78 is 5.56. The lowest BCUT2D eigenvalue weighted by atomic mass is 9.85. The van der Waals surface area contributed by atoms with E-state index >= 15 is 0 Å². The maximum Gasteiger partial charge on any atom is 0.0604 e. The predicted octanol–water partition coefficient (Wildman–Crippen LogP) is 2.72. The Morgan fingerprint density at radius 1 is 1.27 bits per heavy atom. The summed E-state index contributed by atoms with van der Waals surface area (Å²) in [5.74, 6) is 0. The second-order valence-electron chi connectivity index (χ2n) is 5.64. The van der Waals surface area contributed by atoms with Crippen LogP contribution >= 0.6 is 0 Å². The van der Waals surface area contributed by atoms with Gasteiger partial charge in [0.25, 0.3) is 0 Å². The molecule has 2 saturated carbocycles. The Kier molecular flexibility index (Phi) is 3.68. The first-order valence-electron chi connectivity index (χ1n) is 6.57.